The highest BCUT2D eigenvalue weighted by Gasteiger charge is 2.21. The number of hydrogen-bond acceptors (Lipinski definition) is 3. The molecule has 1 amide bonds. The van der Waals surface area contributed by atoms with Crippen molar-refractivity contribution in [3.63, 3.8) is 0 Å². The molecule has 0 saturated heterocycles. The Bertz CT molecular complexity index is 654. The zero-order valence-electron chi connectivity index (χ0n) is 10.6. The molecule has 0 spiro atoms. The second-order valence-corrected chi connectivity index (χ2v) is 6.02. The first kappa shape index (κ1) is 15.3. The van der Waals surface area contributed by atoms with Gasteiger partial charge in [-0.2, -0.15) is 0 Å². The molecule has 0 aliphatic rings. The van der Waals surface area contributed by atoms with E-state index in [-0.39, 0.29) is 19.1 Å². The van der Waals surface area contributed by atoms with Crippen molar-refractivity contribution in [3.05, 3.63) is 45.8 Å². The number of carbonyl (C=O) groups excluding carboxylic acids is 1. The van der Waals surface area contributed by atoms with Crippen molar-refractivity contribution < 1.29 is 9.90 Å². The highest BCUT2D eigenvalue weighted by molar-refractivity contribution is 7.21. The molecule has 0 bridgehead atoms. The number of hydrogen-bond donors (Lipinski definition) is 1. The van der Waals surface area contributed by atoms with E-state index in [9.17, 15) is 4.79 Å². The van der Waals surface area contributed by atoms with Crippen LogP contribution in [-0.2, 0) is 0 Å². The Morgan fingerprint density at radius 3 is 2.85 bits per heavy atom. The highest BCUT2D eigenvalue weighted by atomic mass is 35.5. The van der Waals surface area contributed by atoms with Crippen LogP contribution in [0.15, 0.2) is 30.9 Å². The van der Waals surface area contributed by atoms with Gasteiger partial charge in [-0.3, -0.25) is 4.79 Å². The summed E-state index contributed by atoms with van der Waals surface area (Å²) in [5.74, 6) is -0.207. The molecule has 0 radical (unpaired) electrons. The van der Waals surface area contributed by atoms with E-state index in [4.69, 9.17) is 28.3 Å². The average molecular weight is 330 g/mol. The molecule has 0 atom stereocenters. The van der Waals surface area contributed by atoms with Crippen LogP contribution in [0.3, 0.4) is 0 Å². The van der Waals surface area contributed by atoms with E-state index in [1.807, 2.05) is 0 Å². The lowest BCUT2D eigenvalue weighted by molar-refractivity contribution is 0.0748. The highest BCUT2D eigenvalue weighted by Crippen LogP contribution is 2.37. The molecule has 20 heavy (non-hydrogen) atoms. The molecule has 2 aromatic rings. The molecule has 2 rings (SSSR count). The molecule has 0 aliphatic heterocycles. The lowest BCUT2D eigenvalue weighted by Gasteiger charge is -2.19. The predicted molar refractivity (Wildman–Crippen MR) is 85.0 cm³/mol. The fourth-order valence-corrected chi connectivity index (χ4v) is 3.63. The second-order valence-electron chi connectivity index (χ2n) is 4.15. The Morgan fingerprint density at radius 1 is 1.45 bits per heavy atom. The molecule has 106 valence electrons. The molecule has 0 saturated carbocycles. The standard InChI is InChI=1S/C14H13Cl2NO2S/c1-2-5-17(6-7-18)14(19)13-12(16)10-4-3-9(15)8-11(10)20-13/h2-4,8,18H,1,5-7H2. The number of amides is 1. The van der Waals surface area contributed by atoms with E-state index in [2.05, 4.69) is 6.58 Å². The van der Waals surface area contributed by atoms with Gasteiger partial charge in [-0.25, -0.2) is 0 Å². The van der Waals surface area contributed by atoms with Crippen LogP contribution in [-0.4, -0.2) is 35.6 Å². The van der Waals surface area contributed by atoms with Crippen LogP contribution < -0.4 is 0 Å². The average Bonchev–Trinajstić information content (AvgIpc) is 2.74. The summed E-state index contributed by atoms with van der Waals surface area (Å²) in [6.07, 6.45) is 1.62. The number of halogens is 2. The number of thiophene rings is 1. The number of aliphatic hydroxyl groups is 1. The van der Waals surface area contributed by atoms with Crippen LogP contribution >= 0.6 is 34.5 Å². The summed E-state index contributed by atoms with van der Waals surface area (Å²) in [6.45, 7) is 4.12. The summed E-state index contributed by atoms with van der Waals surface area (Å²) >= 11 is 13.5. The van der Waals surface area contributed by atoms with Gasteiger partial charge in [0.15, 0.2) is 0 Å². The summed E-state index contributed by atoms with van der Waals surface area (Å²) in [5, 5.41) is 10.9. The maximum atomic E-state index is 12.5. The summed E-state index contributed by atoms with van der Waals surface area (Å²) in [4.78, 5) is 14.4. The smallest absolute Gasteiger partial charge is 0.265 e. The summed E-state index contributed by atoms with van der Waals surface area (Å²) < 4.78 is 0.869. The SMILES string of the molecule is C=CCN(CCO)C(=O)c1sc2cc(Cl)ccc2c1Cl. The maximum Gasteiger partial charge on any atom is 0.265 e. The Morgan fingerprint density at radius 2 is 2.20 bits per heavy atom. The van der Waals surface area contributed by atoms with Gasteiger partial charge in [-0.1, -0.05) is 35.3 Å². The van der Waals surface area contributed by atoms with E-state index in [0.29, 0.717) is 21.5 Å². The van der Waals surface area contributed by atoms with Gasteiger partial charge in [-0.05, 0) is 12.1 Å². The van der Waals surface area contributed by atoms with Crippen LogP contribution in [0.25, 0.3) is 10.1 Å². The maximum absolute atomic E-state index is 12.5. The van der Waals surface area contributed by atoms with Gasteiger partial charge in [0, 0.05) is 28.2 Å². The third-order valence-corrected chi connectivity index (χ3v) is 4.67. The molecule has 1 aromatic carbocycles. The van der Waals surface area contributed by atoms with Crippen molar-refractivity contribution >= 4 is 50.5 Å². The molecular formula is C14H13Cl2NO2S. The first-order valence-electron chi connectivity index (χ1n) is 5.97. The van der Waals surface area contributed by atoms with Crippen LogP contribution in [0.4, 0.5) is 0 Å². The van der Waals surface area contributed by atoms with Gasteiger partial charge in [0.25, 0.3) is 5.91 Å². The van der Waals surface area contributed by atoms with Gasteiger partial charge in [0.05, 0.1) is 11.6 Å². The lowest BCUT2D eigenvalue weighted by atomic mass is 10.2. The molecule has 3 nitrogen and oxygen atoms in total. The third-order valence-electron chi connectivity index (χ3n) is 2.79. The molecule has 6 heteroatoms. The van der Waals surface area contributed by atoms with Crippen molar-refractivity contribution in [3.8, 4) is 0 Å². The molecular weight excluding hydrogens is 317 g/mol. The molecule has 1 N–H and O–H groups in total. The molecule has 0 aliphatic carbocycles. The van der Waals surface area contributed by atoms with Gasteiger partial charge >= 0.3 is 0 Å². The van der Waals surface area contributed by atoms with Crippen LogP contribution in [0.5, 0.6) is 0 Å². The van der Waals surface area contributed by atoms with E-state index in [1.54, 1.807) is 24.3 Å². The van der Waals surface area contributed by atoms with Crippen LogP contribution in [0.2, 0.25) is 10.0 Å². The van der Waals surface area contributed by atoms with Gasteiger partial charge in [0.1, 0.15) is 4.88 Å². The zero-order valence-corrected chi connectivity index (χ0v) is 12.9. The summed E-state index contributed by atoms with van der Waals surface area (Å²) in [6, 6.07) is 5.33. The van der Waals surface area contributed by atoms with Crippen molar-refractivity contribution in [2.45, 2.75) is 0 Å². The topological polar surface area (TPSA) is 40.5 Å². The van der Waals surface area contributed by atoms with Gasteiger partial charge in [0.2, 0.25) is 0 Å². The Labute approximate surface area is 131 Å². The first-order valence-corrected chi connectivity index (χ1v) is 7.54. The van der Waals surface area contributed by atoms with Gasteiger partial charge in [-0.15, -0.1) is 17.9 Å². The van der Waals surface area contributed by atoms with E-state index in [0.717, 1.165) is 10.1 Å². The minimum absolute atomic E-state index is 0.103. The fourth-order valence-electron chi connectivity index (χ4n) is 1.87. The molecule has 1 aromatic heterocycles. The van der Waals surface area contributed by atoms with E-state index < -0.39 is 0 Å². The van der Waals surface area contributed by atoms with Crippen LogP contribution in [0.1, 0.15) is 9.67 Å². The minimum atomic E-state index is -0.207. The number of carbonyl (C=O) groups is 1. The van der Waals surface area contributed by atoms with Gasteiger partial charge < -0.3 is 10.0 Å². The van der Waals surface area contributed by atoms with E-state index in [1.165, 1.54) is 16.2 Å². The number of fused-ring (bicyclic) bond motifs is 1. The normalized spacial score (nSPS) is 10.8. The minimum Gasteiger partial charge on any atom is -0.395 e. The molecule has 0 fully saturated rings. The van der Waals surface area contributed by atoms with Crippen molar-refractivity contribution in [2.75, 3.05) is 19.7 Å². The monoisotopic (exact) mass is 329 g/mol. The number of aliphatic hydroxyl groups excluding tert-OH is 1. The number of rotatable bonds is 5. The lowest BCUT2D eigenvalue weighted by Crippen LogP contribution is -2.33. The Hall–Kier alpha value is -1.07. The zero-order chi connectivity index (χ0) is 14.7. The second kappa shape index (κ2) is 6.59. The van der Waals surface area contributed by atoms with Crippen LogP contribution in [0, 0.1) is 0 Å². The van der Waals surface area contributed by atoms with Crippen molar-refractivity contribution in [1.82, 2.24) is 4.90 Å². The number of nitrogens with zero attached hydrogens (tertiary/aromatic N) is 1. The van der Waals surface area contributed by atoms with Crippen molar-refractivity contribution in [1.29, 1.82) is 0 Å². The Balaban J connectivity index is 2.43. The largest absolute Gasteiger partial charge is 0.395 e. The molecule has 0 unspecified atom stereocenters. The quantitative estimate of drug-likeness (QED) is 0.847. The fraction of sp³-hybridized carbons (Fsp3) is 0.214. The molecule has 1 heterocycles. The summed E-state index contributed by atoms with van der Waals surface area (Å²) in [5.41, 5.74) is 0. The third kappa shape index (κ3) is 2.99. The Kier molecular flexibility index (Phi) is 5.05. The predicted octanol–water partition coefficient (Wildman–Crippen LogP) is 3.83. The number of benzene rings is 1. The summed E-state index contributed by atoms with van der Waals surface area (Å²) in [7, 11) is 0. The van der Waals surface area contributed by atoms with Crippen molar-refractivity contribution in [2.24, 2.45) is 0 Å². The first-order chi connectivity index (χ1) is 9.58. The van der Waals surface area contributed by atoms with E-state index >= 15 is 0 Å².